The number of carbonyl (C=O) groups excluding carboxylic acids is 3. The molecule has 35 heavy (non-hydrogen) atoms. The van der Waals surface area contributed by atoms with E-state index in [1.54, 1.807) is 40.7 Å². The number of carbonyl (C=O) groups is 3. The number of nitrogens with one attached hydrogen (secondary N) is 1. The largest absolute Gasteiger partial charge is 0.466 e. The van der Waals surface area contributed by atoms with Crippen molar-refractivity contribution in [2.45, 2.75) is 46.1 Å². The average molecular weight is 507 g/mol. The molecule has 11 heteroatoms. The van der Waals surface area contributed by atoms with E-state index in [9.17, 15) is 24.5 Å². The van der Waals surface area contributed by atoms with Crippen molar-refractivity contribution in [1.82, 2.24) is 5.32 Å². The number of esters is 3. The molecule has 190 valence electrons. The fourth-order valence-corrected chi connectivity index (χ4v) is 4.36. The van der Waals surface area contributed by atoms with Crippen LogP contribution in [0.4, 0.5) is 5.69 Å². The summed E-state index contributed by atoms with van der Waals surface area (Å²) < 4.78 is 15.6. The van der Waals surface area contributed by atoms with Crippen molar-refractivity contribution < 1.29 is 33.5 Å². The van der Waals surface area contributed by atoms with Crippen LogP contribution >= 0.6 is 11.8 Å². The molecule has 0 fully saturated rings. The number of dihydropyridines is 1. The van der Waals surface area contributed by atoms with Gasteiger partial charge in [0.05, 0.1) is 41.5 Å². The summed E-state index contributed by atoms with van der Waals surface area (Å²) in [5.74, 6) is -2.52. The summed E-state index contributed by atoms with van der Waals surface area (Å²) in [6.07, 6.45) is 0. The number of non-ortho nitro benzene ring substituents is 1. The zero-order valence-electron chi connectivity index (χ0n) is 20.6. The number of nitro groups is 1. The summed E-state index contributed by atoms with van der Waals surface area (Å²) in [5, 5.41) is 14.5. The van der Waals surface area contributed by atoms with Gasteiger partial charge in [0, 0.05) is 29.3 Å². The zero-order chi connectivity index (χ0) is 26.3. The quantitative estimate of drug-likeness (QED) is 0.229. The van der Waals surface area contributed by atoms with E-state index < -0.39 is 34.4 Å². The number of rotatable bonds is 9. The van der Waals surface area contributed by atoms with Gasteiger partial charge in [0.2, 0.25) is 0 Å². The highest BCUT2D eigenvalue weighted by molar-refractivity contribution is 8.00. The predicted octanol–water partition coefficient (Wildman–Crippen LogP) is 3.62. The molecule has 0 saturated carbocycles. The first-order chi connectivity index (χ1) is 16.4. The number of hydrogen-bond acceptors (Lipinski definition) is 10. The first kappa shape index (κ1) is 27.9. The molecule has 1 heterocycles. The number of nitro benzene ring substituents is 1. The van der Waals surface area contributed by atoms with Gasteiger partial charge in [0.25, 0.3) is 5.69 Å². The third-order valence-corrected chi connectivity index (χ3v) is 5.78. The highest BCUT2D eigenvalue weighted by Gasteiger charge is 2.39. The van der Waals surface area contributed by atoms with E-state index >= 15 is 0 Å². The molecule has 1 aliphatic rings. The van der Waals surface area contributed by atoms with Crippen molar-refractivity contribution in [3.8, 4) is 0 Å². The normalized spacial score (nSPS) is 15.9. The lowest BCUT2D eigenvalue weighted by atomic mass is 9.80. The molecule has 0 aromatic heterocycles. The van der Waals surface area contributed by atoms with E-state index in [1.165, 1.54) is 37.1 Å². The first-order valence-corrected chi connectivity index (χ1v) is 12.0. The Hall–Kier alpha value is -3.34. The number of nitrogens with zero attached hydrogens (tertiary/aromatic N) is 1. The molecule has 1 unspecified atom stereocenters. The molecule has 1 aromatic rings. The van der Waals surface area contributed by atoms with Crippen molar-refractivity contribution >= 4 is 35.4 Å². The molecule has 0 radical (unpaired) electrons. The number of ether oxygens (including phenoxy) is 3. The maximum Gasteiger partial charge on any atom is 0.336 e. The Morgan fingerprint density at radius 2 is 1.86 bits per heavy atom. The predicted molar refractivity (Wildman–Crippen MR) is 131 cm³/mol. The minimum Gasteiger partial charge on any atom is -0.466 e. The summed E-state index contributed by atoms with van der Waals surface area (Å²) in [4.78, 5) is 48.9. The SMILES string of the molecule is CCOC(=O)C1=C(CSCC(=O)OC(C)(C)C)NC(C)=C(C(=O)OC)C1c1cccc([N+](=O)[O-])c1. The van der Waals surface area contributed by atoms with E-state index in [-0.39, 0.29) is 34.9 Å². The lowest BCUT2D eigenvalue weighted by Gasteiger charge is -2.31. The van der Waals surface area contributed by atoms with Crippen molar-refractivity contribution in [2.75, 3.05) is 25.2 Å². The van der Waals surface area contributed by atoms with Crippen LogP contribution in [0.1, 0.15) is 46.1 Å². The molecule has 1 atom stereocenters. The monoisotopic (exact) mass is 506 g/mol. The first-order valence-electron chi connectivity index (χ1n) is 10.9. The Bertz CT molecular complexity index is 1070. The van der Waals surface area contributed by atoms with Gasteiger partial charge >= 0.3 is 17.9 Å². The van der Waals surface area contributed by atoms with Crippen molar-refractivity contribution in [3.63, 3.8) is 0 Å². The van der Waals surface area contributed by atoms with Gasteiger partial charge in [0.15, 0.2) is 0 Å². The molecule has 0 bridgehead atoms. The summed E-state index contributed by atoms with van der Waals surface area (Å²) >= 11 is 1.22. The van der Waals surface area contributed by atoms with Gasteiger partial charge in [-0.05, 0) is 40.2 Å². The van der Waals surface area contributed by atoms with E-state index in [1.807, 2.05) is 0 Å². The van der Waals surface area contributed by atoms with Crippen molar-refractivity contribution in [1.29, 1.82) is 0 Å². The van der Waals surface area contributed by atoms with E-state index in [0.717, 1.165) is 0 Å². The van der Waals surface area contributed by atoms with Crippen molar-refractivity contribution in [3.05, 3.63) is 62.5 Å². The van der Waals surface area contributed by atoms with Crippen LogP contribution in [-0.2, 0) is 28.6 Å². The molecular weight excluding hydrogens is 476 g/mol. The summed E-state index contributed by atoms with van der Waals surface area (Å²) in [5.41, 5.74) is 0.655. The van der Waals surface area contributed by atoms with Crippen LogP contribution < -0.4 is 5.32 Å². The molecule has 1 N–H and O–H groups in total. The lowest BCUT2D eigenvalue weighted by molar-refractivity contribution is -0.384. The molecule has 1 aromatic carbocycles. The maximum atomic E-state index is 13.1. The Morgan fingerprint density at radius 1 is 1.17 bits per heavy atom. The minimum absolute atomic E-state index is 0.0344. The van der Waals surface area contributed by atoms with E-state index in [4.69, 9.17) is 14.2 Å². The average Bonchev–Trinajstić information content (AvgIpc) is 2.77. The summed E-state index contributed by atoms with van der Waals surface area (Å²) in [6, 6.07) is 5.73. The number of hydrogen-bond donors (Lipinski definition) is 1. The van der Waals surface area contributed by atoms with Crippen LogP contribution in [0.2, 0.25) is 0 Å². The van der Waals surface area contributed by atoms with Crippen LogP contribution in [0.15, 0.2) is 46.8 Å². The second-order valence-electron chi connectivity index (χ2n) is 8.63. The van der Waals surface area contributed by atoms with Gasteiger partial charge in [0.1, 0.15) is 5.60 Å². The molecule has 0 amide bonds. The van der Waals surface area contributed by atoms with Crippen LogP contribution in [-0.4, -0.2) is 53.7 Å². The van der Waals surface area contributed by atoms with Gasteiger partial charge in [-0.1, -0.05) is 12.1 Å². The van der Waals surface area contributed by atoms with Gasteiger partial charge in [-0.15, -0.1) is 11.8 Å². The van der Waals surface area contributed by atoms with Gasteiger partial charge in [-0.25, -0.2) is 9.59 Å². The highest BCUT2D eigenvalue weighted by Crippen LogP contribution is 2.40. The number of allylic oxidation sites excluding steroid dienone is 1. The third kappa shape index (κ3) is 7.32. The number of methoxy groups -OCH3 is 1. The smallest absolute Gasteiger partial charge is 0.336 e. The molecule has 10 nitrogen and oxygen atoms in total. The molecule has 1 aliphatic heterocycles. The lowest BCUT2D eigenvalue weighted by Crippen LogP contribution is -2.34. The van der Waals surface area contributed by atoms with Gasteiger partial charge in [-0.2, -0.15) is 0 Å². The Labute approximate surface area is 208 Å². The second-order valence-corrected chi connectivity index (χ2v) is 9.62. The van der Waals surface area contributed by atoms with Crippen LogP contribution in [0, 0.1) is 10.1 Å². The Morgan fingerprint density at radius 3 is 2.43 bits per heavy atom. The van der Waals surface area contributed by atoms with Crippen LogP contribution in [0.5, 0.6) is 0 Å². The molecule has 0 aliphatic carbocycles. The topological polar surface area (TPSA) is 134 Å². The summed E-state index contributed by atoms with van der Waals surface area (Å²) in [7, 11) is 1.22. The maximum absolute atomic E-state index is 13.1. The third-order valence-electron chi connectivity index (χ3n) is 4.85. The molecule has 0 spiro atoms. The zero-order valence-corrected chi connectivity index (χ0v) is 21.4. The Balaban J connectivity index is 2.56. The Kier molecular flexibility index (Phi) is 9.47. The van der Waals surface area contributed by atoms with Gasteiger partial charge in [-0.3, -0.25) is 14.9 Å². The highest BCUT2D eigenvalue weighted by atomic mass is 32.2. The van der Waals surface area contributed by atoms with Crippen molar-refractivity contribution in [2.24, 2.45) is 0 Å². The molecule has 2 rings (SSSR count). The number of benzene rings is 1. The van der Waals surface area contributed by atoms with E-state index in [0.29, 0.717) is 17.0 Å². The summed E-state index contributed by atoms with van der Waals surface area (Å²) in [6.45, 7) is 8.69. The van der Waals surface area contributed by atoms with Crippen LogP contribution in [0.3, 0.4) is 0 Å². The minimum atomic E-state index is -0.972. The number of thioether (sulfide) groups is 1. The second kappa shape index (κ2) is 11.9. The standard InChI is InChI=1S/C24H30N2O8S/c1-7-33-23(29)21-17(12-35-13-18(27)34-24(3,4)5)25-14(2)19(22(28)32-6)20(21)15-9-8-10-16(11-15)26(30)31/h8-11,20,25H,7,12-13H2,1-6H3. The van der Waals surface area contributed by atoms with Crippen LogP contribution in [0.25, 0.3) is 0 Å². The fourth-order valence-electron chi connectivity index (χ4n) is 3.60. The fraction of sp³-hybridized carbons (Fsp3) is 0.458. The molecule has 0 saturated heterocycles. The molecular formula is C24H30N2O8S. The van der Waals surface area contributed by atoms with Gasteiger partial charge < -0.3 is 19.5 Å². The van der Waals surface area contributed by atoms with E-state index in [2.05, 4.69) is 5.32 Å².